The number of aromatic nitrogens is 2. The molecule has 6 nitrogen and oxygen atoms in total. The summed E-state index contributed by atoms with van der Waals surface area (Å²) >= 11 is 1.28. The van der Waals surface area contributed by atoms with Gasteiger partial charge in [0.1, 0.15) is 0 Å². The number of fused-ring (bicyclic) bond motifs is 1. The van der Waals surface area contributed by atoms with E-state index in [4.69, 9.17) is 0 Å². The van der Waals surface area contributed by atoms with Crippen LogP contribution < -0.4 is 10.6 Å². The van der Waals surface area contributed by atoms with E-state index >= 15 is 0 Å². The second kappa shape index (κ2) is 7.84. The molecule has 0 aliphatic carbocycles. The van der Waals surface area contributed by atoms with Crippen LogP contribution in [0.25, 0.3) is 11.0 Å². The summed E-state index contributed by atoms with van der Waals surface area (Å²) in [6.07, 6.45) is 0.126. The number of hydrogen-bond donors (Lipinski definition) is 3. The van der Waals surface area contributed by atoms with Crippen LogP contribution in [-0.2, 0) is 9.59 Å². The maximum absolute atomic E-state index is 12.1. The van der Waals surface area contributed by atoms with Gasteiger partial charge < -0.3 is 15.6 Å². The Morgan fingerprint density at radius 2 is 1.95 bits per heavy atom. The number of hydrogen-bond acceptors (Lipinski definition) is 4. The van der Waals surface area contributed by atoms with Crippen molar-refractivity contribution in [2.75, 3.05) is 13.1 Å². The fourth-order valence-corrected chi connectivity index (χ4v) is 3.05. The molecule has 0 aliphatic rings. The number of para-hydroxylation sites is 2. The lowest BCUT2D eigenvalue weighted by Crippen LogP contribution is -2.36. The molecule has 0 fully saturated rings. The van der Waals surface area contributed by atoms with Crippen LogP contribution in [-0.4, -0.2) is 40.1 Å². The zero-order valence-corrected chi connectivity index (χ0v) is 13.5. The van der Waals surface area contributed by atoms with Crippen molar-refractivity contribution in [1.29, 1.82) is 0 Å². The summed E-state index contributed by atoms with van der Waals surface area (Å²) in [5, 5.41) is 5.62. The van der Waals surface area contributed by atoms with Crippen molar-refractivity contribution in [1.82, 2.24) is 20.6 Å². The molecule has 2 aromatic rings. The first-order valence-electron chi connectivity index (χ1n) is 7.29. The second-order valence-corrected chi connectivity index (χ2v) is 5.91. The minimum atomic E-state index is -0.507. The Hall–Kier alpha value is -2.02. The Kier molecular flexibility index (Phi) is 5.83. The van der Waals surface area contributed by atoms with Crippen LogP contribution >= 0.6 is 11.8 Å². The third-order valence-corrected chi connectivity index (χ3v) is 4.09. The van der Waals surface area contributed by atoms with Gasteiger partial charge in [0.25, 0.3) is 0 Å². The van der Waals surface area contributed by atoms with Crippen LogP contribution in [0.3, 0.4) is 0 Å². The van der Waals surface area contributed by atoms with Gasteiger partial charge in [0.2, 0.25) is 11.8 Å². The molecule has 0 spiro atoms. The molecule has 1 heterocycles. The van der Waals surface area contributed by atoms with Crippen molar-refractivity contribution < 1.29 is 9.59 Å². The zero-order valence-electron chi connectivity index (χ0n) is 12.7. The minimum Gasteiger partial charge on any atom is -0.356 e. The normalized spacial score (nSPS) is 12.1. The van der Waals surface area contributed by atoms with Crippen LogP contribution in [0.2, 0.25) is 0 Å². The van der Waals surface area contributed by atoms with E-state index in [1.807, 2.05) is 38.1 Å². The third kappa shape index (κ3) is 4.24. The highest BCUT2D eigenvalue weighted by Crippen LogP contribution is 2.25. The van der Waals surface area contributed by atoms with Gasteiger partial charge in [0.15, 0.2) is 5.16 Å². The molecule has 7 heteroatoms. The van der Waals surface area contributed by atoms with Crippen molar-refractivity contribution in [3.63, 3.8) is 0 Å². The Bertz CT molecular complexity index is 623. The second-order valence-electron chi connectivity index (χ2n) is 4.72. The highest BCUT2D eigenvalue weighted by molar-refractivity contribution is 8.00. The predicted molar refractivity (Wildman–Crippen MR) is 87.7 cm³/mol. The molecule has 1 unspecified atom stereocenters. The average Bonchev–Trinajstić information content (AvgIpc) is 2.89. The van der Waals surface area contributed by atoms with Gasteiger partial charge in [-0.25, -0.2) is 4.98 Å². The number of thioether (sulfide) groups is 1. The fourth-order valence-electron chi connectivity index (χ4n) is 2.03. The number of nitrogens with zero attached hydrogens (tertiary/aromatic N) is 1. The van der Waals surface area contributed by atoms with Gasteiger partial charge in [0.05, 0.1) is 16.3 Å². The topological polar surface area (TPSA) is 86.9 Å². The van der Waals surface area contributed by atoms with Crippen molar-refractivity contribution in [2.45, 2.75) is 30.7 Å². The van der Waals surface area contributed by atoms with E-state index in [1.165, 1.54) is 11.8 Å². The summed E-state index contributed by atoms with van der Waals surface area (Å²) in [6.45, 7) is 4.79. The standard InChI is InChI=1S/C15H20N4O2S/c1-3-16-13(20)9-12(14(21)17-4-2)22-15-18-10-7-5-6-8-11(10)19-15/h5-8,12H,3-4,9H2,1-2H3,(H,16,20)(H,17,21)(H,18,19). The van der Waals surface area contributed by atoms with Gasteiger partial charge in [-0.2, -0.15) is 0 Å². The molecular weight excluding hydrogens is 300 g/mol. The van der Waals surface area contributed by atoms with Crippen LogP contribution in [0, 0.1) is 0 Å². The molecule has 0 bridgehead atoms. The number of benzene rings is 1. The van der Waals surface area contributed by atoms with E-state index in [-0.39, 0.29) is 18.2 Å². The SMILES string of the molecule is CCNC(=O)CC(Sc1nc2ccccc2[nH]1)C(=O)NCC. The first-order valence-corrected chi connectivity index (χ1v) is 8.17. The van der Waals surface area contributed by atoms with E-state index in [0.29, 0.717) is 18.2 Å². The summed E-state index contributed by atoms with van der Waals surface area (Å²) in [5.41, 5.74) is 1.76. The molecule has 0 radical (unpaired) electrons. The van der Waals surface area contributed by atoms with E-state index < -0.39 is 5.25 Å². The van der Waals surface area contributed by atoms with Crippen LogP contribution in [0.15, 0.2) is 29.4 Å². The number of amides is 2. The smallest absolute Gasteiger partial charge is 0.234 e. The van der Waals surface area contributed by atoms with Gasteiger partial charge in [-0.15, -0.1) is 0 Å². The Labute approximate surface area is 133 Å². The highest BCUT2D eigenvalue weighted by atomic mass is 32.2. The number of H-pyrrole nitrogens is 1. The lowest BCUT2D eigenvalue weighted by atomic mass is 10.2. The maximum atomic E-state index is 12.1. The zero-order chi connectivity index (χ0) is 15.9. The van der Waals surface area contributed by atoms with Gasteiger partial charge in [0, 0.05) is 19.5 Å². The largest absolute Gasteiger partial charge is 0.356 e. The number of nitrogens with one attached hydrogen (secondary N) is 3. The Morgan fingerprint density at radius 1 is 1.23 bits per heavy atom. The molecule has 3 N–H and O–H groups in total. The quantitative estimate of drug-likeness (QED) is 0.678. The number of rotatable bonds is 7. The monoisotopic (exact) mass is 320 g/mol. The van der Waals surface area contributed by atoms with Crippen molar-refractivity contribution in [2.24, 2.45) is 0 Å². The van der Waals surface area contributed by atoms with Gasteiger partial charge in [-0.3, -0.25) is 9.59 Å². The summed E-state index contributed by atoms with van der Waals surface area (Å²) in [4.78, 5) is 31.6. The molecule has 0 saturated heterocycles. The van der Waals surface area contributed by atoms with E-state index in [2.05, 4.69) is 20.6 Å². The van der Waals surface area contributed by atoms with Crippen LogP contribution in [0.1, 0.15) is 20.3 Å². The van der Waals surface area contributed by atoms with Crippen LogP contribution in [0.5, 0.6) is 0 Å². The molecule has 22 heavy (non-hydrogen) atoms. The molecule has 2 rings (SSSR count). The molecule has 1 atom stereocenters. The first-order chi connectivity index (χ1) is 10.6. The first kappa shape index (κ1) is 16.4. The molecule has 0 aliphatic heterocycles. The summed E-state index contributed by atoms with van der Waals surface area (Å²) in [6, 6.07) is 7.66. The van der Waals surface area contributed by atoms with Crippen molar-refractivity contribution in [3.8, 4) is 0 Å². The maximum Gasteiger partial charge on any atom is 0.234 e. The van der Waals surface area contributed by atoms with E-state index in [1.54, 1.807) is 0 Å². The molecule has 1 aromatic carbocycles. The van der Waals surface area contributed by atoms with Gasteiger partial charge in [-0.1, -0.05) is 23.9 Å². The Balaban J connectivity index is 2.13. The number of carbonyl (C=O) groups is 2. The Morgan fingerprint density at radius 3 is 2.64 bits per heavy atom. The summed E-state index contributed by atoms with van der Waals surface area (Å²) in [7, 11) is 0. The highest BCUT2D eigenvalue weighted by Gasteiger charge is 2.24. The predicted octanol–water partition coefficient (Wildman–Crippen LogP) is 1.69. The number of aromatic amines is 1. The van der Waals surface area contributed by atoms with Crippen LogP contribution in [0.4, 0.5) is 0 Å². The molecular formula is C15H20N4O2S. The average molecular weight is 320 g/mol. The van der Waals surface area contributed by atoms with Gasteiger partial charge in [-0.05, 0) is 26.0 Å². The fraction of sp³-hybridized carbons (Fsp3) is 0.400. The van der Waals surface area contributed by atoms with Gasteiger partial charge >= 0.3 is 0 Å². The minimum absolute atomic E-state index is 0.126. The van der Waals surface area contributed by atoms with E-state index in [9.17, 15) is 9.59 Å². The molecule has 0 saturated carbocycles. The number of imidazole rings is 1. The lowest BCUT2D eigenvalue weighted by molar-refractivity contribution is -0.125. The van der Waals surface area contributed by atoms with Crippen molar-refractivity contribution in [3.05, 3.63) is 24.3 Å². The molecule has 118 valence electrons. The number of carbonyl (C=O) groups excluding carboxylic acids is 2. The van der Waals surface area contributed by atoms with E-state index in [0.717, 1.165) is 11.0 Å². The molecule has 1 aromatic heterocycles. The summed E-state index contributed by atoms with van der Waals surface area (Å²) in [5.74, 6) is -0.290. The molecule has 2 amide bonds. The summed E-state index contributed by atoms with van der Waals surface area (Å²) < 4.78 is 0. The lowest BCUT2D eigenvalue weighted by Gasteiger charge is -2.14. The third-order valence-electron chi connectivity index (χ3n) is 3.01. The van der Waals surface area contributed by atoms with Crippen molar-refractivity contribution >= 4 is 34.6 Å².